The molecule has 0 N–H and O–H groups in total. The van der Waals surface area contributed by atoms with E-state index in [0.29, 0.717) is 0 Å². The molecule has 0 amide bonds. The maximum atomic E-state index is 2.65. The van der Waals surface area contributed by atoms with E-state index in [9.17, 15) is 0 Å². The SMILES string of the molecule is C\C=C/C=C(\C=C/C)N1C2CC(C(C)C)CC1C2. The first-order chi connectivity index (χ1) is 8.67. The highest BCUT2D eigenvalue weighted by atomic mass is 15.3. The largest absolute Gasteiger partial charge is 0.365 e. The van der Waals surface area contributed by atoms with Crippen LogP contribution in [-0.4, -0.2) is 17.0 Å². The van der Waals surface area contributed by atoms with Crippen LogP contribution in [0, 0.1) is 11.8 Å². The second-order valence-corrected chi connectivity index (χ2v) is 6.04. The van der Waals surface area contributed by atoms with E-state index in [-0.39, 0.29) is 0 Å². The third-order valence-electron chi connectivity index (χ3n) is 4.52. The van der Waals surface area contributed by atoms with E-state index >= 15 is 0 Å². The summed E-state index contributed by atoms with van der Waals surface area (Å²) in [4.78, 5) is 2.65. The summed E-state index contributed by atoms with van der Waals surface area (Å²) in [5, 5.41) is 0. The molecule has 100 valence electrons. The van der Waals surface area contributed by atoms with E-state index in [4.69, 9.17) is 0 Å². The summed E-state index contributed by atoms with van der Waals surface area (Å²) < 4.78 is 0. The van der Waals surface area contributed by atoms with Crippen LogP contribution in [0.2, 0.25) is 0 Å². The fourth-order valence-corrected chi connectivity index (χ4v) is 3.48. The van der Waals surface area contributed by atoms with E-state index in [0.717, 1.165) is 23.9 Å². The van der Waals surface area contributed by atoms with Gasteiger partial charge in [0.25, 0.3) is 0 Å². The van der Waals surface area contributed by atoms with Gasteiger partial charge in [-0.1, -0.05) is 32.1 Å². The van der Waals surface area contributed by atoms with E-state index in [2.05, 4.69) is 63.0 Å². The molecule has 0 radical (unpaired) electrons. The molecule has 1 saturated carbocycles. The molecule has 2 heterocycles. The van der Waals surface area contributed by atoms with Gasteiger partial charge in [0.15, 0.2) is 0 Å². The Bertz CT molecular complexity index is 350. The van der Waals surface area contributed by atoms with Crippen molar-refractivity contribution < 1.29 is 0 Å². The molecule has 2 saturated heterocycles. The van der Waals surface area contributed by atoms with Gasteiger partial charge in [-0.25, -0.2) is 0 Å². The maximum absolute atomic E-state index is 2.65. The van der Waals surface area contributed by atoms with Gasteiger partial charge in [0.2, 0.25) is 0 Å². The lowest BCUT2D eigenvalue weighted by Gasteiger charge is -2.58. The summed E-state index contributed by atoms with van der Waals surface area (Å²) >= 11 is 0. The van der Waals surface area contributed by atoms with Crippen molar-refractivity contribution in [3.05, 3.63) is 36.1 Å². The molecule has 0 aromatic rings. The normalized spacial score (nSPS) is 32.6. The van der Waals surface area contributed by atoms with Crippen LogP contribution >= 0.6 is 0 Å². The molecule has 1 heteroatoms. The van der Waals surface area contributed by atoms with Crippen LogP contribution in [-0.2, 0) is 0 Å². The molecule has 3 rings (SSSR count). The first-order valence-electron chi connectivity index (χ1n) is 7.41. The molecule has 2 unspecified atom stereocenters. The van der Waals surface area contributed by atoms with Crippen molar-refractivity contribution in [3.63, 3.8) is 0 Å². The van der Waals surface area contributed by atoms with Crippen LogP contribution in [0.5, 0.6) is 0 Å². The third kappa shape index (κ3) is 2.55. The Balaban J connectivity index is 2.07. The number of hydrogen-bond acceptors (Lipinski definition) is 1. The number of hydrogen-bond donors (Lipinski definition) is 0. The lowest BCUT2D eigenvalue weighted by Crippen LogP contribution is -2.60. The zero-order valence-electron chi connectivity index (χ0n) is 12.3. The zero-order valence-corrected chi connectivity index (χ0v) is 12.3. The van der Waals surface area contributed by atoms with Crippen molar-refractivity contribution in [1.29, 1.82) is 0 Å². The van der Waals surface area contributed by atoms with Crippen molar-refractivity contribution in [3.8, 4) is 0 Å². The molecule has 0 aromatic carbocycles. The Kier molecular flexibility index (Phi) is 4.31. The number of allylic oxidation sites excluding steroid dienone is 5. The Morgan fingerprint density at radius 1 is 1.06 bits per heavy atom. The van der Waals surface area contributed by atoms with Gasteiger partial charge in [0.1, 0.15) is 0 Å². The fourth-order valence-electron chi connectivity index (χ4n) is 3.48. The van der Waals surface area contributed by atoms with Crippen molar-refractivity contribution >= 4 is 0 Å². The fraction of sp³-hybridized carbons (Fsp3) is 0.647. The topological polar surface area (TPSA) is 3.24 Å². The summed E-state index contributed by atoms with van der Waals surface area (Å²) in [5.41, 5.74) is 1.40. The van der Waals surface area contributed by atoms with E-state index < -0.39 is 0 Å². The Labute approximate surface area is 112 Å². The Morgan fingerprint density at radius 2 is 1.72 bits per heavy atom. The van der Waals surface area contributed by atoms with Gasteiger partial charge in [-0.3, -0.25) is 0 Å². The number of nitrogens with zero attached hydrogens (tertiary/aromatic N) is 1. The van der Waals surface area contributed by atoms with E-state index in [1.807, 2.05) is 0 Å². The maximum Gasteiger partial charge on any atom is 0.0367 e. The van der Waals surface area contributed by atoms with E-state index in [1.54, 1.807) is 0 Å². The lowest BCUT2D eigenvalue weighted by molar-refractivity contribution is -0.0307. The minimum Gasteiger partial charge on any atom is -0.365 e. The molecule has 2 bridgehead atoms. The molecule has 18 heavy (non-hydrogen) atoms. The number of rotatable bonds is 4. The van der Waals surface area contributed by atoms with Gasteiger partial charge in [-0.2, -0.15) is 0 Å². The predicted molar refractivity (Wildman–Crippen MR) is 79.3 cm³/mol. The smallest absolute Gasteiger partial charge is 0.0367 e. The second-order valence-electron chi connectivity index (χ2n) is 6.04. The van der Waals surface area contributed by atoms with Gasteiger partial charge < -0.3 is 4.90 Å². The second kappa shape index (κ2) is 5.77. The summed E-state index contributed by atoms with van der Waals surface area (Å²) in [6.45, 7) is 8.94. The average Bonchev–Trinajstić information content (AvgIpc) is 2.36. The monoisotopic (exact) mass is 245 g/mol. The molecule has 1 nitrogen and oxygen atoms in total. The number of piperidine rings is 1. The summed E-state index contributed by atoms with van der Waals surface area (Å²) in [5.74, 6) is 1.79. The molecule has 0 aromatic heterocycles. The molecule has 3 aliphatic rings. The molecule has 1 aliphatic carbocycles. The Morgan fingerprint density at radius 3 is 2.22 bits per heavy atom. The molecular weight excluding hydrogens is 218 g/mol. The number of fused-ring (bicyclic) bond motifs is 2. The highest BCUT2D eigenvalue weighted by Gasteiger charge is 2.45. The van der Waals surface area contributed by atoms with Crippen LogP contribution in [0.25, 0.3) is 0 Å². The van der Waals surface area contributed by atoms with Gasteiger partial charge in [0, 0.05) is 17.8 Å². The van der Waals surface area contributed by atoms with Crippen LogP contribution in [0.4, 0.5) is 0 Å². The Hall–Kier alpha value is -0.980. The highest BCUT2D eigenvalue weighted by Crippen LogP contribution is 2.45. The summed E-state index contributed by atoms with van der Waals surface area (Å²) in [6, 6.07) is 1.59. The van der Waals surface area contributed by atoms with Crippen LogP contribution in [0.1, 0.15) is 47.0 Å². The highest BCUT2D eigenvalue weighted by molar-refractivity contribution is 5.27. The van der Waals surface area contributed by atoms with Gasteiger partial charge >= 0.3 is 0 Å². The molecule has 2 aliphatic heterocycles. The third-order valence-corrected chi connectivity index (χ3v) is 4.52. The van der Waals surface area contributed by atoms with Gasteiger partial charge in [0.05, 0.1) is 0 Å². The van der Waals surface area contributed by atoms with Gasteiger partial charge in [-0.05, 0) is 57.1 Å². The van der Waals surface area contributed by atoms with E-state index in [1.165, 1.54) is 25.0 Å². The predicted octanol–water partition coefficient (Wildman–Crippen LogP) is 4.53. The summed E-state index contributed by atoms with van der Waals surface area (Å²) in [7, 11) is 0. The minimum atomic E-state index is 0.795. The lowest BCUT2D eigenvalue weighted by atomic mass is 9.69. The zero-order chi connectivity index (χ0) is 13.1. The summed E-state index contributed by atoms with van der Waals surface area (Å²) in [6.07, 6.45) is 15.1. The van der Waals surface area contributed by atoms with Crippen LogP contribution < -0.4 is 0 Å². The molecule has 0 spiro atoms. The average molecular weight is 245 g/mol. The molecular formula is C17H27N. The van der Waals surface area contributed by atoms with Crippen LogP contribution in [0.3, 0.4) is 0 Å². The first kappa shape index (κ1) is 13.5. The quantitative estimate of drug-likeness (QED) is 0.658. The van der Waals surface area contributed by atoms with Crippen molar-refractivity contribution in [2.45, 2.75) is 59.0 Å². The minimum absolute atomic E-state index is 0.795. The standard InChI is InChI=1S/C17H27N/c1-5-7-9-15(8-6-2)18-16-10-14(13(3)4)11-17(18)12-16/h5-9,13-14,16-17H,10-12H2,1-4H3/b7-5-,8-6-,15-9+. The van der Waals surface area contributed by atoms with Crippen LogP contribution in [0.15, 0.2) is 36.1 Å². The van der Waals surface area contributed by atoms with Crippen molar-refractivity contribution in [2.24, 2.45) is 11.8 Å². The first-order valence-corrected chi connectivity index (χ1v) is 7.41. The molecule has 2 atom stereocenters. The van der Waals surface area contributed by atoms with Crippen molar-refractivity contribution in [1.82, 2.24) is 4.90 Å². The van der Waals surface area contributed by atoms with Crippen molar-refractivity contribution in [2.75, 3.05) is 0 Å². The molecule has 3 fully saturated rings. The van der Waals surface area contributed by atoms with Gasteiger partial charge in [-0.15, -0.1) is 0 Å².